The summed E-state index contributed by atoms with van der Waals surface area (Å²) in [4.78, 5) is 5.47. The Bertz CT molecular complexity index is 221. The monoisotopic (exact) mass is 284 g/mol. The van der Waals surface area contributed by atoms with Crippen molar-refractivity contribution in [1.29, 1.82) is 0 Å². The van der Waals surface area contributed by atoms with E-state index in [9.17, 15) is 0 Å². The van der Waals surface area contributed by atoms with Gasteiger partial charge in [0.25, 0.3) is 0 Å². The van der Waals surface area contributed by atoms with Gasteiger partial charge in [-0.25, -0.2) is 0 Å². The van der Waals surface area contributed by atoms with E-state index in [0.717, 1.165) is 11.8 Å². The molecule has 2 rings (SSSR count). The summed E-state index contributed by atoms with van der Waals surface area (Å²) in [7, 11) is 0. The van der Waals surface area contributed by atoms with Crippen LogP contribution in [0.4, 0.5) is 0 Å². The first-order valence-corrected chi connectivity index (χ1v) is 9.10. The Kier molecular flexibility index (Phi) is 7.62. The highest BCUT2D eigenvalue weighted by atomic mass is 32.1. The lowest BCUT2D eigenvalue weighted by Crippen LogP contribution is -2.46. The summed E-state index contributed by atoms with van der Waals surface area (Å²) < 4.78 is 0. The predicted octanol–water partition coefficient (Wildman–Crippen LogP) is 3.43. The average molecular weight is 285 g/mol. The van der Waals surface area contributed by atoms with Gasteiger partial charge in [-0.2, -0.15) is 12.6 Å². The van der Waals surface area contributed by atoms with Crippen molar-refractivity contribution in [3.63, 3.8) is 0 Å². The number of piperidine rings is 2. The highest BCUT2D eigenvalue weighted by molar-refractivity contribution is 7.80. The topological polar surface area (TPSA) is 6.48 Å². The van der Waals surface area contributed by atoms with Crippen molar-refractivity contribution in [2.75, 3.05) is 38.5 Å². The van der Waals surface area contributed by atoms with Gasteiger partial charge in [0, 0.05) is 6.04 Å². The second-order valence-electron chi connectivity index (χ2n) is 6.31. The fourth-order valence-electron chi connectivity index (χ4n) is 3.59. The van der Waals surface area contributed by atoms with Crippen molar-refractivity contribution in [3.05, 3.63) is 0 Å². The molecule has 0 radical (unpaired) electrons. The van der Waals surface area contributed by atoms with Crippen LogP contribution in [0.2, 0.25) is 0 Å². The third-order valence-corrected chi connectivity index (χ3v) is 5.16. The van der Waals surface area contributed by atoms with Crippen LogP contribution in [0, 0.1) is 0 Å². The van der Waals surface area contributed by atoms with Gasteiger partial charge in [-0.1, -0.05) is 19.3 Å². The van der Waals surface area contributed by atoms with Gasteiger partial charge in [0.15, 0.2) is 0 Å². The Hall–Kier alpha value is 0.270. The van der Waals surface area contributed by atoms with Crippen molar-refractivity contribution >= 4 is 12.6 Å². The minimum atomic E-state index is 0.903. The Balaban J connectivity index is 1.54. The van der Waals surface area contributed by atoms with Crippen LogP contribution in [0.1, 0.15) is 57.8 Å². The molecule has 3 heteroatoms. The predicted molar refractivity (Wildman–Crippen MR) is 87.2 cm³/mol. The van der Waals surface area contributed by atoms with Gasteiger partial charge in [-0.15, -0.1) is 0 Å². The molecule has 0 aromatic rings. The molecule has 0 bridgehead atoms. The van der Waals surface area contributed by atoms with Crippen molar-refractivity contribution in [1.82, 2.24) is 9.80 Å². The van der Waals surface area contributed by atoms with Crippen LogP contribution in [0.25, 0.3) is 0 Å². The number of rotatable bonds is 7. The molecule has 2 aliphatic heterocycles. The Labute approximate surface area is 125 Å². The third-order valence-electron chi connectivity index (χ3n) is 4.85. The van der Waals surface area contributed by atoms with E-state index in [-0.39, 0.29) is 0 Å². The molecular formula is C16H32N2S. The SMILES string of the molecule is SCCCCCCN1CCC(N2CCCCC2)CC1. The maximum Gasteiger partial charge on any atom is 0.0120 e. The smallest absolute Gasteiger partial charge is 0.0120 e. The summed E-state index contributed by atoms with van der Waals surface area (Å²) in [5.41, 5.74) is 0. The maximum absolute atomic E-state index is 4.27. The van der Waals surface area contributed by atoms with E-state index < -0.39 is 0 Å². The molecule has 2 aliphatic rings. The van der Waals surface area contributed by atoms with Crippen LogP contribution < -0.4 is 0 Å². The van der Waals surface area contributed by atoms with E-state index in [1.807, 2.05) is 0 Å². The molecule has 2 fully saturated rings. The van der Waals surface area contributed by atoms with E-state index in [1.54, 1.807) is 0 Å². The van der Waals surface area contributed by atoms with Crippen LogP contribution in [0.3, 0.4) is 0 Å². The van der Waals surface area contributed by atoms with Crippen LogP contribution in [0.15, 0.2) is 0 Å². The van der Waals surface area contributed by atoms with Gasteiger partial charge >= 0.3 is 0 Å². The van der Waals surface area contributed by atoms with Gasteiger partial charge in [0.2, 0.25) is 0 Å². The second kappa shape index (κ2) is 9.25. The molecule has 0 aromatic heterocycles. The normalized spacial score (nSPS) is 23.8. The summed E-state index contributed by atoms with van der Waals surface area (Å²) in [5, 5.41) is 0. The highest BCUT2D eigenvalue weighted by Crippen LogP contribution is 2.21. The van der Waals surface area contributed by atoms with Crippen molar-refractivity contribution in [3.8, 4) is 0 Å². The Morgan fingerprint density at radius 2 is 1.47 bits per heavy atom. The molecule has 0 amide bonds. The van der Waals surface area contributed by atoms with Gasteiger partial charge < -0.3 is 9.80 Å². The quantitative estimate of drug-likeness (QED) is 0.565. The van der Waals surface area contributed by atoms with Gasteiger partial charge in [0.05, 0.1) is 0 Å². The third kappa shape index (κ3) is 5.65. The number of thiol groups is 1. The van der Waals surface area contributed by atoms with Gasteiger partial charge in [-0.3, -0.25) is 0 Å². The largest absolute Gasteiger partial charge is 0.303 e. The molecule has 2 heterocycles. The molecule has 2 saturated heterocycles. The standard InChI is InChI=1S/C16H32N2S/c19-15-7-2-1-4-10-17-13-8-16(9-14-17)18-11-5-3-6-12-18/h16,19H,1-15H2. The number of hydrogen-bond acceptors (Lipinski definition) is 3. The van der Waals surface area contributed by atoms with Gasteiger partial charge in [-0.05, 0) is 77.0 Å². The highest BCUT2D eigenvalue weighted by Gasteiger charge is 2.24. The summed E-state index contributed by atoms with van der Waals surface area (Å²) >= 11 is 4.27. The molecule has 0 aromatic carbocycles. The van der Waals surface area contributed by atoms with Crippen LogP contribution in [-0.4, -0.2) is 54.3 Å². The van der Waals surface area contributed by atoms with Crippen molar-refractivity contribution < 1.29 is 0 Å². The molecule has 2 nitrogen and oxygen atoms in total. The zero-order chi connectivity index (χ0) is 13.3. The van der Waals surface area contributed by atoms with E-state index in [0.29, 0.717) is 0 Å². The maximum atomic E-state index is 4.27. The van der Waals surface area contributed by atoms with Gasteiger partial charge in [0.1, 0.15) is 0 Å². The molecule has 0 aliphatic carbocycles. The molecule has 0 saturated carbocycles. The first kappa shape index (κ1) is 15.7. The Morgan fingerprint density at radius 3 is 2.16 bits per heavy atom. The summed E-state index contributed by atoms with van der Waals surface area (Å²) in [5.74, 6) is 1.06. The van der Waals surface area contributed by atoms with E-state index in [2.05, 4.69) is 22.4 Å². The molecule has 0 atom stereocenters. The number of unbranched alkanes of at least 4 members (excludes halogenated alkanes) is 3. The first-order chi connectivity index (χ1) is 9.40. The Morgan fingerprint density at radius 1 is 0.789 bits per heavy atom. The fraction of sp³-hybridized carbons (Fsp3) is 1.00. The summed E-state index contributed by atoms with van der Waals surface area (Å²) in [6, 6.07) is 0.903. The van der Waals surface area contributed by atoms with Crippen molar-refractivity contribution in [2.24, 2.45) is 0 Å². The average Bonchev–Trinajstić information content (AvgIpc) is 2.49. The summed E-state index contributed by atoms with van der Waals surface area (Å²) in [6.07, 6.45) is 12.6. The number of likely N-dealkylation sites (tertiary alicyclic amines) is 2. The first-order valence-electron chi connectivity index (χ1n) is 8.47. The lowest BCUT2D eigenvalue weighted by molar-refractivity contribution is 0.0918. The van der Waals surface area contributed by atoms with Crippen LogP contribution in [0.5, 0.6) is 0 Å². The molecule has 0 N–H and O–H groups in total. The van der Waals surface area contributed by atoms with E-state index in [4.69, 9.17) is 0 Å². The van der Waals surface area contributed by atoms with E-state index in [1.165, 1.54) is 90.5 Å². The number of hydrogen-bond donors (Lipinski definition) is 1. The van der Waals surface area contributed by atoms with Crippen LogP contribution in [-0.2, 0) is 0 Å². The van der Waals surface area contributed by atoms with E-state index >= 15 is 0 Å². The molecule has 19 heavy (non-hydrogen) atoms. The zero-order valence-corrected chi connectivity index (χ0v) is 13.4. The lowest BCUT2D eigenvalue weighted by atomic mass is 9.99. The minimum Gasteiger partial charge on any atom is -0.303 e. The summed E-state index contributed by atoms with van der Waals surface area (Å²) in [6.45, 7) is 6.75. The van der Waals surface area contributed by atoms with Crippen LogP contribution >= 0.6 is 12.6 Å². The molecule has 0 spiro atoms. The molecular weight excluding hydrogens is 252 g/mol. The lowest BCUT2D eigenvalue weighted by Gasteiger charge is -2.40. The molecule has 112 valence electrons. The minimum absolute atomic E-state index is 0.903. The molecule has 0 unspecified atom stereocenters. The van der Waals surface area contributed by atoms with Crippen molar-refractivity contribution in [2.45, 2.75) is 63.8 Å². The number of nitrogens with zero attached hydrogens (tertiary/aromatic N) is 2. The second-order valence-corrected chi connectivity index (χ2v) is 6.75. The fourth-order valence-corrected chi connectivity index (χ4v) is 3.82. The zero-order valence-electron chi connectivity index (χ0n) is 12.5.